The molecule has 2 atom stereocenters. The summed E-state index contributed by atoms with van der Waals surface area (Å²) in [7, 11) is -3.73. The average molecular weight is 390 g/mol. The lowest BCUT2D eigenvalue weighted by Gasteiger charge is -2.23. The highest BCUT2D eigenvalue weighted by atomic mass is 32.2. The van der Waals surface area contributed by atoms with Crippen LogP contribution in [0.15, 0.2) is 59.5 Å². The molecule has 0 aromatic heterocycles. The molecule has 2 amide bonds. The zero-order valence-electron chi connectivity index (χ0n) is 15.8. The number of carbonyl (C=O) groups excluding carboxylic acids is 1. The number of carbonyl (C=O) groups is 1. The number of rotatable bonds is 7. The molecule has 0 heterocycles. The Labute approximate surface area is 161 Å². The molecular weight excluding hydrogens is 362 g/mol. The molecule has 4 N–H and O–H groups in total. The normalized spacial score (nSPS) is 13.8. The number of hydrogen-bond donors (Lipinski definition) is 3. The summed E-state index contributed by atoms with van der Waals surface area (Å²) in [6.45, 7) is 6.07. The van der Waals surface area contributed by atoms with Gasteiger partial charge >= 0.3 is 6.03 Å². The van der Waals surface area contributed by atoms with Gasteiger partial charge in [0.15, 0.2) is 0 Å². The van der Waals surface area contributed by atoms with Gasteiger partial charge in [-0.2, -0.15) is 0 Å². The number of benzene rings is 2. The van der Waals surface area contributed by atoms with Crippen LogP contribution in [-0.2, 0) is 10.0 Å². The topological polar surface area (TPSA) is 101 Å². The zero-order valence-corrected chi connectivity index (χ0v) is 16.7. The van der Waals surface area contributed by atoms with Crippen LogP contribution in [0.25, 0.3) is 0 Å². The van der Waals surface area contributed by atoms with Crippen LogP contribution in [0.2, 0.25) is 0 Å². The van der Waals surface area contributed by atoms with Crippen LogP contribution >= 0.6 is 0 Å². The number of sulfonamides is 1. The third-order valence-corrected chi connectivity index (χ3v) is 5.20. The van der Waals surface area contributed by atoms with E-state index >= 15 is 0 Å². The Kier molecular flexibility index (Phi) is 6.98. The highest BCUT2D eigenvalue weighted by Gasteiger charge is 2.18. The average Bonchev–Trinajstić information content (AvgIpc) is 2.61. The van der Waals surface area contributed by atoms with E-state index in [2.05, 4.69) is 24.5 Å². The predicted octanol–water partition coefficient (Wildman–Crippen LogP) is 3.48. The molecule has 0 fully saturated rings. The minimum absolute atomic E-state index is 0.0453. The molecule has 0 aliphatic heterocycles. The van der Waals surface area contributed by atoms with Crippen molar-refractivity contribution in [3.63, 3.8) is 0 Å². The number of nitrogens with one attached hydrogen (secondary N) is 2. The molecular formula is C20H27N3O3S. The number of urea groups is 1. The fraction of sp³-hybridized carbons (Fsp3) is 0.350. The quantitative estimate of drug-likeness (QED) is 0.675. The summed E-state index contributed by atoms with van der Waals surface area (Å²) in [5, 5.41) is 11.0. The highest BCUT2D eigenvalue weighted by Crippen LogP contribution is 2.21. The first-order valence-corrected chi connectivity index (χ1v) is 10.5. The first-order valence-electron chi connectivity index (χ1n) is 8.91. The largest absolute Gasteiger partial charge is 0.332 e. The maximum Gasteiger partial charge on any atom is 0.315 e. The van der Waals surface area contributed by atoms with E-state index < -0.39 is 10.0 Å². The standard InChI is InChI=1S/C20H27N3O3S/c1-14(2)13-19(17-7-5-4-6-8-17)23-20(24)22-15(3)16-9-11-18(12-10-16)27(21,25)26/h4-12,14-15,19H,13H2,1-3H3,(H2,21,25,26)(H2,22,23,24)/t15-,19+/m0/s1. The molecule has 0 radical (unpaired) electrons. The number of nitrogens with two attached hydrogens (primary N) is 1. The van der Waals surface area contributed by atoms with E-state index in [1.165, 1.54) is 12.1 Å². The molecule has 0 aliphatic rings. The summed E-state index contributed by atoms with van der Waals surface area (Å²) < 4.78 is 22.7. The fourth-order valence-electron chi connectivity index (χ4n) is 2.86. The molecule has 0 saturated heterocycles. The van der Waals surface area contributed by atoms with Gasteiger partial charge in [-0.3, -0.25) is 0 Å². The van der Waals surface area contributed by atoms with Gasteiger partial charge in [0.2, 0.25) is 10.0 Å². The second-order valence-electron chi connectivity index (χ2n) is 7.05. The zero-order chi connectivity index (χ0) is 20.0. The predicted molar refractivity (Wildman–Crippen MR) is 107 cm³/mol. The summed E-state index contributed by atoms with van der Waals surface area (Å²) in [6, 6.07) is 15.4. The van der Waals surface area contributed by atoms with E-state index in [0.717, 1.165) is 17.5 Å². The van der Waals surface area contributed by atoms with Gasteiger partial charge in [-0.25, -0.2) is 18.4 Å². The monoisotopic (exact) mass is 389 g/mol. The SMILES string of the molecule is CC(C)C[C@@H](NC(=O)N[C@@H](C)c1ccc(S(N)(=O)=O)cc1)c1ccccc1. The maximum atomic E-state index is 12.5. The van der Waals surface area contributed by atoms with Crippen molar-refractivity contribution in [2.75, 3.05) is 0 Å². The maximum absolute atomic E-state index is 12.5. The lowest BCUT2D eigenvalue weighted by Crippen LogP contribution is -2.39. The van der Waals surface area contributed by atoms with Crippen molar-refractivity contribution in [1.82, 2.24) is 10.6 Å². The second kappa shape index (κ2) is 9.01. The Hall–Kier alpha value is -2.38. The third-order valence-electron chi connectivity index (χ3n) is 4.27. The van der Waals surface area contributed by atoms with Crippen molar-refractivity contribution < 1.29 is 13.2 Å². The molecule has 0 spiro atoms. The van der Waals surface area contributed by atoms with Crippen molar-refractivity contribution in [2.24, 2.45) is 11.1 Å². The lowest BCUT2D eigenvalue weighted by molar-refractivity contribution is 0.232. The molecule has 0 unspecified atom stereocenters. The first kappa shape index (κ1) is 20.9. The Bertz CT molecular complexity index is 850. The summed E-state index contributed by atoms with van der Waals surface area (Å²) in [4.78, 5) is 12.5. The van der Waals surface area contributed by atoms with Gasteiger partial charge in [-0.1, -0.05) is 56.3 Å². The highest BCUT2D eigenvalue weighted by molar-refractivity contribution is 7.89. The Morgan fingerprint density at radius 2 is 1.52 bits per heavy atom. The number of amides is 2. The van der Waals surface area contributed by atoms with E-state index in [1.807, 2.05) is 37.3 Å². The molecule has 2 aromatic rings. The van der Waals surface area contributed by atoms with Crippen molar-refractivity contribution in [3.8, 4) is 0 Å². The molecule has 146 valence electrons. The van der Waals surface area contributed by atoms with Crippen LogP contribution in [0.5, 0.6) is 0 Å². The molecule has 0 bridgehead atoms. The van der Waals surface area contributed by atoms with Gasteiger partial charge in [0.05, 0.1) is 17.0 Å². The van der Waals surface area contributed by atoms with Crippen molar-refractivity contribution in [1.29, 1.82) is 0 Å². The Morgan fingerprint density at radius 3 is 2.04 bits per heavy atom. The van der Waals surface area contributed by atoms with Crippen LogP contribution in [0.1, 0.15) is 50.4 Å². The van der Waals surface area contributed by atoms with Gasteiger partial charge in [0, 0.05) is 0 Å². The molecule has 2 aromatic carbocycles. The van der Waals surface area contributed by atoms with E-state index in [1.54, 1.807) is 12.1 Å². The molecule has 0 aliphatic carbocycles. The smallest absolute Gasteiger partial charge is 0.315 e. The first-order chi connectivity index (χ1) is 12.7. The summed E-state index contributed by atoms with van der Waals surface area (Å²) in [6.07, 6.45) is 0.828. The van der Waals surface area contributed by atoms with Crippen LogP contribution < -0.4 is 15.8 Å². The second-order valence-corrected chi connectivity index (χ2v) is 8.61. The summed E-state index contributed by atoms with van der Waals surface area (Å²) >= 11 is 0. The van der Waals surface area contributed by atoms with E-state index in [-0.39, 0.29) is 23.0 Å². The number of primary sulfonamides is 1. The third kappa shape index (κ3) is 6.37. The van der Waals surface area contributed by atoms with Crippen LogP contribution in [-0.4, -0.2) is 14.4 Å². The van der Waals surface area contributed by atoms with Crippen molar-refractivity contribution >= 4 is 16.1 Å². The Balaban J connectivity index is 2.04. The lowest BCUT2D eigenvalue weighted by atomic mass is 9.97. The van der Waals surface area contributed by atoms with Crippen LogP contribution in [0, 0.1) is 5.92 Å². The van der Waals surface area contributed by atoms with Gasteiger partial charge in [-0.15, -0.1) is 0 Å². The van der Waals surface area contributed by atoms with E-state index in [9.17, 15) is 13.2 Å². The minimum atomic E-state index is -3.73. The van der Waals surface area contributed by atoms with Crippen LogP contribution in [0.4, 0.5) is 4.79 Å². The van der Waals surface area contributed by atoms with Gasteiger partial charge in [-0.05, 0) is 42.5 Å². The minimum Gasteiger partial charge on any atom is -0.332 e. The van der Waals surface area contributed by atoms with Gasteiger partial charge in [0.25, 0.3) is 0 Å². The molecule has 2 rings (SSSR count). The van der Waals surface area contributed by atoms with E-state index in [4.69, 9.17) is 5.14 Å². The van der Waals surface area contributed by atoms with E-state index in [0.29, 0.717) is 5.92 Å². The molecule has 7 heteroatoms. The molecule has 27 heavy (non-hydrogen) atoms. The number of hydrogen-bond acceptors (Lipinski definition) is 3. The summed E-state index contributed by atoms with van der Waals surface area (Å²) in [5.41, 5.74) is 1.85. The van der Waals surface area contributed by atoms with Gasteiger partial charge < -0.3 is 10.6 Å². The van der Waals surface area contributed by atoms with Crippen molar-refractivity contribution in [3.05, 3.63) is 65.7 Å². The van der Waals surface area contributed by atoms with Crippen LogP contribution in [0.3, 0.4) is 0 Å². The molecule has 6 nitrogen and oxygen atoms in total. The fourth-order valence-corrected chi connectivity index (χ4v) is 3.38. The van der Waals surface area contributed by atoms with Gasteiger partial charge in [0.1, 0.15) is 0 Å². The Morgan fingerprint density at radius 1 is 0.926 bits per heavy atom. The summed E-state index contributed by atoms with van der Waals surface area (Å²) in [5.74, 6) is 0.429. The van der Waals surface area contributed by atoms with Crippen molar-refractivity contribution in [2.45, 2.75) is 44.2 Å². The molecule has 0 saturated carbocycles.